The van der Waals surface area contributed by atoms with Crippen LogP contribution in [0.1, 0.15) is 13.3 Å². The summed E-state index contributed by atoms with van der Waals surface area (Å²) < 4.78 is 0. The topological polar surface area (TPSA) is 150 Å². The molecule has 0 saturated carbocycles. The quantitative estimate of drug-likeness (QED) is 0.373. The molecule has 1 aliphatic rings. The first-order valence-corrected chi connectivity index (χ1v) is 9.11. The van der Waals surface area contributed by atoms with Gasteiger partial charge in [-0.25, -0.2) is 4.99 Å². The molecular weight excluding hydrogens is 386 g/mol. The van der Waals surface area contributed by atoms with Crippen molar-refractivity contribution in [1.29, 1.82) is 0 Å². The van der Waals surface area contributed by atoms with Gasteiger partial charge >= 0.3 is 0 Å². The largest absolute Gasteiger partial charge is 0.369 e. The third-order valence-corrected chi connectivity index (χ3v) is 3.96. The number of guanidine groups is 2. The first kappa shape index (κ1) is 20.5. The van der Waals surface area contributed by atoms with Crippen molar-refractivity contribution >= 4 is 46.7 Å². The summed E-state index contributed by atoms with van der Waals surface area (Å²) >= 11 is 0. The number of rotatable bonds is 5. The van der Waals surface area contributed by atoms with E-state index in [1.54, 1.807) is 24.3 Å². The maximum Gasteiger partial charge on any atom is 0.252 e. The molecule has 3 amide bonds. The van der Waals surface area contributed by atoms with Gasteiger partial charge in [-0.05, 0) is 36.4 Å². The number of amides is 3. The molecule has 0 aliphatic carbocycles. The van der Waals surface area contributed by atoms with E-state index in [-0.39, 0.29) is 30.2 Å². The van der Waals surface area contributed by atoms with Crippen LogP contribution in [0.2, 0.25) is 0 Å². The zero-order valence-electron chi connectivity index (χ0n) is 16.2. The number of nitrogens with two attached hydrogens (primary N) is 1. The van der Waals surface area contributed by atoms with E-state index in [9.17, 15) is 14.4 Å². The summed E-state index contributed by atoms with van der Waals surface area (Å²) in [7, 11) is 0. The molecule has 0 radical (unpaired) electrons. The lowest BCUT2D eigenvalue weighted by Crippen LogP contribution is -2.32. The molecule has 0 spiro atoms. The zero-order valence-corrected chi connectivity index (χ0v) is 16.2. The molecule has 0 fully saturated rings. The van der Waals surface area contributed by atoms with Crippen LogP contribution in [0.4, 0.5) is 17.1 Å². The Hall–Kier alpha value is -4.21. The number of aliphatic imine (C=N–C) groups is 2. The Labute approximate surface area is 172 Å². The Morgan fingerprint density at radius 3 is 2.23 bits per heavy atom. The summed E-state index contributed by atoms with van der Waals surface area (Å²) in [6.45, 7) is 1.41. The molecule has 6 N–H and O–H groups in total. The Morgan fingerprint density at radius 2 is 1.60 bits per heavy atom. The highest BCUT2D eigenvalue weighted by Gasteiger charge is 2.28. The van der Waals surface area contributed by atoms with Crippen LogP contribution in [0.15, 0.2) is 64.6 Å². The van der Waals surface area contributed by atoms with Crippen LogP contribution in [0.25, 0.3) is 0 Å². The van der Waals surface area contributed by atoms with Gasteiger partial charge in [0.05, 0.1) is 6.42 Å². The average molecular weight is 407 g/mol. The van der Waals surface area contributed by atoms with E-state index in [1.807, 2.05) is 30.3 Å². The van der Waals surface area contributed by atoms with Crippen molar-refractivity contribution in [3.05, 3.63) is 54.6 Å². The van der Waals surface area contributed by atoms with Gasteiger partial charge in [-0.2, -0.15) is 4.99 Å². The van der Waals surface area contributed by atoms with Crippen LogP contribution in [0.3, 0.4) is 0 Å². The van der Waals surface area contributed by atoms with Gasteiger partial charge in [0.15, 0.2) is 0 Å². The van der Waals surface area contributed by atoms with Gasteiger partial charge in [0.1, 0.15) is 6.04 Å². The molecule has 3 rings (SSSR count). The van der Waals surface area contributed by atoms with E-state index in [0.29, 0.717) is 11.4 Å². The number of benzene rings is 2. The van der Waals surface area contributed by atoms with E-state index in [0.717, 1.165) is 5.69 Å². The first-order valence-electron chi connectivity index (χ1n) is 9.11. The number of hydrogen-bond donors (Lipinski definition) is 5. The maximum atomic E-state index is 12.2. The van der Waals surface area contributed by atoms with Crippen LogP contribution in [0.5, 0.6) is 0 Å². The minimum absolute atomic E-state index is 0.0402. The monoisotopic (exact) mass is 407 g/mol. The van der Waals surface area contributed by atoms with Crippen molar-refractivity contribution in [2.75, 3.05) is 16.0 Å². The van der Waals surface area contributed by atoms with Crippen molar-refractivity contribution in [1.82, 2.24) is 5.32 Å². The van der Waals surface area contributed by atoms with E-state index >= 15 is 0 Å². The van der Waals surface area contributed by atoms with Gasteiger partial charge in [-0.3, -0.25) is 19.7 Å². The Balaban J connectivity index is 1.56. The van der Waals surface area contributed by atoms with Crippen molar-refractivity contribution in [2.45, 2.75) is 19.4 Å². The Kier molecular flexibility index (Phi) is 6.38. The normalized spacial score (nSPS) is 15.8. The van der Waals surface area contributed by atoms with Crippen LogP contribution in [-0.4, -0.2) is 35.7 Å². The lowest BCUT2D eigenvalue weighted by molar-refractivity contribution is -0.123. The summed E-state index contributed by atoms with van der Waals surface area (Å²) in [5, 5.41) is 10.7. The summed E-state index contributed by atoms with van der Waals surface area (Å²) in [6, 6.07) is 14.9. The molecule has 0 aromatic heterocycles. The molecule has 10 heteroatoms. The van der Waals surface area contributed by atoms with Crippen molar-refractivity contribution in [2.24, 2.45) is 15.7 Å². The molecular formula is C20H21N7O3. The third kappa shape index (κ3) is 5.89. The summed E-state index contributed by atoms with van der Waals surface area (Å²) in [6.07, 6.45) is -0.148. The van der Waals surface area contributed by atoms with E-state index in [1.165, 1.54) is 6.92 Å². The van der Waals surface area contributed by atoms with Crippen LogP contribution < -0.4 is 27.0 Å². The van der Waals surface area contributed by atoms with Crippen molar-refractivity contribution < 1.29 is 14.4 Å². The Bertz CT molecular complexity index is 1000. The fourth-order valence-electron chi connectivity index (χ4n) is 2.67. The Morgan fingerprint density at radius 1 is 1.00 bits per heavy atom. The van der Waals surface area contributed by atoms with Gasteiger partial charge < -0.3 is 21.7 Å². The summed E-state index contributed by atoms with van der Waals surface area (Å²) in [5.41, 5.74) is 7.71. The van der Waals surface area contributed by atoms with Crippen molar-refractivity contribution in [3.8, 4) is 0 Å². The number of anilines is 3. The highest BCUT2D eigenvalue weighted by atomic mass is 16.2. The predicted octanol–water partition coefficient (Wildman–Crippen LogP) is 1.25. The minimum Gasteiger partial charge on any atom is -0.369 e. The zero-order chi connectivity index (χ0) is 21.5. The fourth-order valence-corrected chi connectivity index (χ4v) is 2.67. The van der Waals surface area contributed by atoms with Gasteiger partial charge in [0.25, 0.3) is 5.91 Å². The van der Waals surface area contributed by atoms with Crippen LogP contribution >= 0.6 is 0 Å². The molecule has 0 saturated heterocycles. The molecule has 1 aliphatic heterocycles. The molecule has 2 aromatic rings. The SMILES string of the molecule is CC(=O)Nc1ccc(NC(=O)CC2N=C(/N=C(\N)Nc3ccccc3)NC2=O)cc1. The molecule has 1 heterocycles. The number of para-hydroxylation sites is 1. The lowest BCUT2D eigenvalue weighted by Gasteiger charge is -2.08. The fraction of sp³-hybridized carbons (Fsp3) is 0.150. The van der Waals surface area contributed by atoms with E-state index < -0.39 is 11.9 Å². The highest BCUT2D eigenvalue weighted by Crippen LogP contribution is 2.15. The number of carbonyl (C=O) groups is 3. The first-order chi connectivity index (χ1) is 14.4. The average Bonchev–Trinajstić information content (AvgIpc) is 3.02. The summed E-state index contributed by atoms with van der Waals surface area (Å²) in [4.78, 5) is 43.5. The number of carbonyl (C=O) groups excluding carboxylic acids is 3. The molecule has 1 unspecified atom stereocenters. The van der Waals surface area contributed by atoms with Crippen LogP contribution in [-0.2, 0) is 14.4 Å². The molecule has 30 heavy (non-hydrogen) atoms. The molecule has 2 aromatic carbocycles. The summed E-state index contributed by atoms with van der Waals surface area (Å²) in [5.74, 6) is -0.901. The van der Waals surface area contributed by atoms with E-state index in [2.05, 4.69) is 31.3 Å². The second kappa shape index (κ2) is 9.32. The van der Waals surface area contributed by atoms with Crippen molar-refractivity contribution in [3.63, 3.8) is 0 Å². The van der Waals surface area contributed by atoms with E-state index in [4.69, 9.17) is 5.73 Å². The molecule has 10 nitrogen and oxygen atoms in total. The highest BCUT2D eigenvalue weighted by molar-refractivity contribution is 6.11. The maximum absolute atomic E-state index is 12.2. The van der Waals surface area contributed by atoms with Gasteiger partial charge in [-0.1, -0.05) is 18.2 Å². The molecule has 154 valence electrons. The number of nitrogens with one attached hydrogen (secondary N) is 4. The van der Waals surface area contributed by atoms with Crippen LogP contribution in [0, 0.1) is 0 Å². The smallest absolute Gasteiger partial charge is 0.252 e. The second-order valence-electron chi connectivity index (χ2n) is 6.46. The second-order valence-corrected chi connectivity index (χ2v) is 6.46. The minimum atomic E-state index is -0.896. The van der Waals surface area contributed by atoms with Gasteiger partial charge in [0.2, 0.25) is 23.7 Å². The number of nitrogens with zero attached hydrogens (tertiary/aromatic N) is 2. The molecule has 1 atom stereocenters. The third-order valence-electron chi connectivity index (χ3n) is 3.96. The van der Waals surface area contributed by atoms with Gasteiger partial charge in [0, 0.05) is 24.0 Å². The standard InChI is InChI=1S/C20H21N7O3/c1-12(28)22-14-7-9-15(10-8-14)23-17(29)11-16-18(30)26-20(25-16)27-19(21)24-13-5-3-2-4-6-13/h2-10,16H,11H2,1H3,(H,22,28)(H,23,29)(H4,21,24,25,26,27,30). The lowest BCUT2D eigenvalue weighted by atomic mass is 10.2. The number of hydrogen-bond acceptors (Lipinski definition) is 5. The van der Waals surface area contributed by atoms with Gasteiger partial charge in [-0.15, -0.1) is 0 Å². The predicted molar refractivity (Wildman–Crippen MR) is 115 cm³/mol. The molecule has 0 bridgehead atoms.